The van der Waals surface area contributed by atoms with Gasteiger partial charge in [0.2, 0.25) is 0 Å². The smallest absolute Gasteiger partial charge is 0.189 e. The van der Waals surface area contributed by atoms with Gasteiger partial charge in [0.25, 0.3) is 0 Å². The van der Waals surface area contributed by atoms with Crippen LogP contribution in [0.25, 0.3) is 0 Å². The van der Waals surface area contributed by atoms with Crippen LogP contribution < -0.4 is 0 Å². The summed E-state index contributed by atoms with van der Waals surface area (Å²) in [5.41, 5.74) is 0. The van der Waals surface area contributed by atoms with Gasteiger partial charge in [-0.15, -0.1) is 11.3 Å². The summed E-state index contributed by atoms with van der Waals surface area (Å²) in [7, 11) is 0. The quantitative estimate of drug-likeness (QED) is 0.706. The molecule has 0 bridgehead atoms. The summed E-state index contributed by atoms with van der Waals surface area (Å²) in [5, 5.41) is 0. The van der Waals surface area contributed by atoms with Gasteiger partial charge in [0, 0.05) is 13.1 Å². The van der Waals surface area contributed by atoms with E-state index in [2.05, 4.69) is 11.8 Å². The van der Waals surface area contributed by atoms with Crippen LogP contribution >= 0.6 is 22.9 Å². The summed E-state index contributed by atoms with van der Waals surface area (Å²) in [4.78, 5) is 15.7. The highest BCUT2D eigenvalue weighted by Gasteiger charge is 2.33. The van der Waals surface area contributed by atoms with Gasteiger partial charge in [0.1, 0.15) is 0 Å². The molecule has 0 N–H and O–H groups in total. The number of halogens is 1. The lowest BCUT2D eigenvalue weighted by Gasteiger charge is -2.27. The molecule has 0 spiro atoms. The molecule has 1 aromatic heterocycles. The Balaban J connectivity index is 1.66. The predicted molar refractivity (Wildman–Crippen MR) is 80.1 cm³/mol. The fraction of sp³-hybridized carbons (Fsp3) is 0.667. The van der Waals surface area contributed by atoms with E-state index < -0.39 is 0 Å². The lowest BCUT2D eigenvalue weighted by atomic mass is 10.1. The first-order valence-electron chi connectivity index (χ1n) is 7.17. The number of Topliss-reactive ketones (excluding diaryl/α,β-unsaturated/α-hetero) is 1. The van der Waals surface area contributed by atoms with Crippen LogP contribution in [0.2, 0.25) is 4.34 Å². The molecule has 4 heteroatoms. The van der Waals surface area contributed by atoms with E-state index in [4.69, 9.17) is 11.6 Å². The maximum Gasteiger partial charge on any atom is 0.189 e. The number of thiophene rings is 1. The summed E-state index contributed by atoms with van der Waals surface area (Å²) in [6.45, 7) is 4.26. The molecular weight excluding hydrogens is 278 g/mol. The molecule has 1 aromatic rings. The summed E-state index contributed by atoms with van der Waals surface area (Å²) in [6.07, 6.45) is 5.36. The van der Waals surface area contributed by atoms with E-state index in [1.807, 2.05) is 12.1 Å². The number of ketones is 1. The molecule has 104 valence electrons. The highest BCUT2D eigenvalue weighted by atomic mass is 35.5. The molecule has 2 aliphatic rings. The number of nitrogens with zero attached hydrogens (tertiary/aromatic N) is 1. The molecule has 3 rings (SSSR count). The van der Waals surface area contributed by atoms with Gasteiger partial charge in [-0.25, -0.2) is 0 Å². The number of hydrogen-bond donors (Lipinski definition) is 0. The van der Waals surface area contributed by atoms with Crippen molar-refractivity contribution in [2.24, 2.45) is 11.8 Å². The Morgan fingerprint density at radius 3 is 2.32 bits per heavy atom. The van der Waals surface area contributed by atoms with Gasteiger partial charge in [-0.1, -0.05) is 11.6 Å². The molecule has 0 aromatic carbocycles. The van der Waals surface area contributed by atoms with E-state index in [-0.39, 0.29) is 11.8 Å². The van der Waals surface area contributed by atoms with Crippen LogP contribution in [0.15, 0.2) is 12.1 Å². The summed E-state index contributed by atoms with van der Waals surface area (Å²) in [5.74, 6) is 1.90. The van der Waals surface area contributed by atoms with E-state index in [0.717, 1.165) is 29.8 Å². The average Bonchev–Trinajstić information content (AvgIpc) is 3.30. The van der Waals surface area contributed by atoms with Gasteiger partial charge in [-0.2, -0.15) is 0 Å². The van der Waals surface area contributed by atoms with Crippen molar-refractivity contribution in [1.82, 2.24) is 4.90 Å². The zero-order valence-corrected chi connectivity index (χ0v) is 12.8. The predicted octanol–water partition coefficient (Wildman–Crippen LogP) is 4.09. The Hall–Kier alpha value is -0.380. The van der Waals surface area contributed by atoms with Crippen LogP contribution in [0.4, 0.5) is 0 Å². The van der Waals surface area contributed by atoms with Crippen molar-refractivity contribution in [3.63, 3.8) is 0 Å². The largest absolute Gasteiger partial charge is 0.293 e. The fourth-order valence-corrected chi connectivity index (χ4v) is 3.54. The number of rotatable bonds is 7. The Morgan fingerprint density at radius 1 is 1.32 bits per heavy atom. The van der Waals surface area contributed by atoms with Crippen molar-refractivity contribution < 1.29 is 4.79 Å². The second kappa shape index (κ2) is 5.55. The standard InChI is InChI=1S/C15H20ClNOS/c1-10(15(18)13-6-7-14(16)19-13)17(8-11-2-3-11)9-12-4-5-12/h6-7,10-12H,2-5,8-9H2,1H3. The molecule has 19 heavy (non-hydrogen) atoms. The van der Waals surface area contributed by atoms with Crippen LogP contribution in [0.3, 0.4) is 0 Å². The Labute approximate surface area is 123 Å². The highest BCUT2D eigenvalue weighted by molar-refractivity contribution is 7.18. The van der Waals surface area contributed by atoms with E-state index in [9.17, 15) is 4.79 Å². The zero-order chi connectivity index (χ0) is 13.4. The third kappa shape index (κ3) is 3.59. The number of carbonyl (C=O) groups excluding carboxylic acids is 1. The molecule has 2 aliphatic carbocycles. The SMILES string of the molecule is CC(C(=O)c1ccc(Cl)s1)N(CC1CC1)CC1CC1. The van der Waals surface area contributed by atoms with E-state index >= 15 is 0 Å². The molecule has 0 amide bonds. The first kappa shape index (κ1) is 13.6. The molecule has 0 aliphatic heterocycles. The number of hydrogen-bond acceptors (Lipinski definition) is 3. The van der Waals surface area contributed by atoms with E-state index in [0.29, 0.717) is 4.34 Å². The lowest BCUT2D eigenvalue weighted by Crippen LogP contribution is -2.41. The Bertz CT molecular complexity index is 450. The van der Waals surface area contributed by atoms with Crippen LogP contribution in [-0.4, -0.2) is 29.8 Å². The topological polar surface area (TPSA) is 20.3 Å². The van der Waals surface area contributed by atoms with Crippen molar-refractivity contribution in [2.45, 2.75) is 38.6 Å². The molecule has 0 radical (unpaired) electrons. The van der Waals surface area contributed by atoms with Gasteiger partial charge in [0.15, 0.2) is 5.78 Å². The molecule has 2 nitrogen and oxygen atoms in total. The molecule has 2 saturated carbocycles. The second-order valence-corrected chi connectivity index (χ2v) is 7.70. The fourth-order valence-electron chi connectivity index (χ4n) is 2.47. The van der Waals surface area contributed by atoms with Crippen LogP contribution in [0.1, 0.15) is 42.3 Å². The average molecular weight is 298 g/mol. The van der Waals surface area contributed by atoms with Crippen LogP contribution in [0.5, 0.6) is 0 Å². The second-order valence-electron chi connectivity index (χ2n) is 5.98. The van der Waals surface area contributed by atoms with Crippen molar-refractivity contribution in [3.05, 3.63) is 21.3 Å². The van der Waals surface area contributed by atoms with Crippen molar-refractivity contribution in [3.8, 4) is 0 Å². The normalized spacial score (nSPS) is 20.8. The van der Waals surface area contributed by atoms with E-state index in [1.54, 1.807) is 0 Å². The van der Waals surface area contributed by atoms with Gasteiger partial charge < -0.3 is 0 Å². The third-order valence-electron chi connectivity index (χ3n) is 4.12. The Kier molecular flexibility index (Phi) is 3.97. The van der Waals surface area contributed by atoms with Crippen LogP contribution in [-0.2, 0) is 0 Å². The maximum absolute atomic E-state index is 12.5. The summed E-state index contributed by atoms with van der Waals surface area (Å²) in [6, 6.07) is 3.67. The van der Waals surface area contributed by atoms with Crippen molar-refractivity contribution in [2.75, 3.05) is 13.1 Å². The molecule has 0 saturated heterocycles. The van der Waals surface area contributed by atoms with Gasteiger partial charge in [-0.3, -0.25) is 9.69 Å². The Morgan fingerprint density at radius 2 is 1.89 bits per heavy atom. The molecule has 1 heterocycles. The van der Waals surface area contributed by atoms with Crippen molar-refractivity contribution >= 4 is 28.7 Å². The highest BCUT2D eigenvalue weighted by Crippen LogP contribution is 2.35. The minimum atomic E-state index is -0.00378. The molecule has 1 atom stereocenters. The number of carbonyl (C=O) groups is 1. The third-order valence-corrected chi connectivity index (χ3v) is 5.37. The monoisotopic (exact) mass is 297 g/mol. The minimum absolute atomic E-state index is 0.00378. The first-order chi connectivity index (χ1) is 9.13. The molecule has 2 fully saturated rings. The maximum atomic E-state index is 12.5. The molecule has 1 unspecified atom stereocenters. The first-order valence-corrected chi connectivity index (χ1v) is 8.36. The van der Waals surface area contributed by atoms with Gasteiger partial charge in [-0.05, 0) is 56.6 Å². The molecular formula is C15H20ClNOS. The lowest BCUT2D eigenvalue weighted by molar-refractivity contribution is 0.0828. The van der Waals surface area contributed by atoms with E-state index in [1.165, 1.54) is 37.0 Å². The summed E-state index contributed by atoms with van der Waals surface area (Å²) < 4.78 is 0.700. The minimum Gasteiger partial charge on any atom is -0.293 e. The summed E-state index contributed by atoms with van der Waals surface area (Å²) >= 11 is 7.33. The van der Waals surface area contributed by atoms with Gasteiger partial charge in [0.05, 0.1) is 15.3 Å². The zero-order valence-electron chi connectivity index (χ0n) is 11.3. The van der Waals surface area contributed by atoms with Crippen molar-refractivity contribution in [1.29, 1.82) is 0 Å². The van der Waals surface area contributed by atoms with Crippen LogP contribution in [0, 0.1) is 11.8 Å². The van der Waals surface area contributed by atoms with Gasteiger partial charge >= 0.3 is 0 Å².